The predicted octanol–water partition coefficient (Wildman–Crippen LogP) is 4.05. The summed E-state index contributed by atoms with van der Waals surface area (Å²) in [5.74, 6) is 0.283. The number of hydrogen-bond acceptors (Lipinski definition) is 4. The molecule has 0 aliphatic heterocycles. The molecule has 5 heteroatoms. The van der Waals surface area contributed by atoms with Gasteiger partial charge in [-0.3, -0.25) is 4.79 Å². The summed E-state index contributed by atoms with van der Waals surface area (Å²) in [5.41, 5.74) is -0.882. The van der Waals surface area contributed by atoms with E-state index in [1.54, 1.807) is 12.1 Å². The lowest BCUT2D eigenvalue weighted by Gasteiger charge is -2.21. The minimum Gasteiger partial charge on any atom is -0.483 e. The molecule has 0 amide bonds. The first-order valence-corrected chi connectivity index (χ1v) is 8.87. The second-order valence-corrected chi connectivity index (χ2v) is 8.81. The largest absolute Gasteiger partial charge is 0.483 e. The fourth-order valence-electron chi connectivity index (χ4n) is 1.79. The van der Waals surface area contributed by atoms with Gasteiger partial charge in [-0.2, -0.15) is 0 Å². The molecule has 0 spiro atoms. The van der Waals surface area contributed by atoms with E-state index in [1.807, 2.05) is 53.7 Å². The fraction of sp³-hybridized carbons (Fsp3) is 0.588. The minimum atomic E-state index is -1.70. The van der Waals surface area contributed by atoms with E-state index in [-0.39, 0.29) is 24.2 Å². The van der Waals surface area contributed by atoms with E-state index in [1.165, 1.54) is 0 Å². The van der Waals surface area contributed by atoms with Crippen molar-refractivity contribution in [1.82, 2.24) is 0 Å². The van der Waals surface area contributed by atoms with Crippen molar-refractivity contribution in [1.29, 1.82) is 0 Å². The van der Waals surface area contributed by atoms with Crippen LogP contribution in [0.3, 0.4) is 0 Å². The van der Waals surface area contributed by atoms with Gasteiger partial charge in [0, 0.05) is 0 Å². The molecule has 1 rings (SSSR count). The molecule has 122 valence electrons. The molecule has 0 N–H and O–H groups in total. The van der Waals surface area contributed by atoms with Gasteiger partial charge >= 0.3 is 13.8 Å². The molecule has 0 aromatic heterocycles. The van der Waals surface area contributed by atoms with Gasteiger partial charge in [-0.25, -0.2) is 0 Å². The molecule has 0 saturated carbocycles. The van der Waals surface area contributed by atoms with Gasteiger partial charge in [-0.15, -0.1) is 0 Å². The molecule has 22 heavy (non-hydrogen) atoms. The first-order valence-electron chi connectivity index (χ1n) is 7.42. The highest BCUT2D eigenvalue weighted by Crippen LogP contribution is 2.29. The molecule has 1 unspecified atom stereocenters. The van der Waals surface area contributed by atoms with Crippen LogP contribution in [-0.4, -0.2) is 23.3 Å². The quantitative estimate of drug-likeness (QED) is 0.605. The van der Waals surface area contributed by atoms with Crippen LogP contribution in [0.25, 0.3) is 0 Å². The Bertz CT molecular complexity index is 538. The van der Waals surface area contributed by atoms with E-state index in [4.69, 9.17) is 9.47 Å². The van der Waals surface area contributed by atoms with Crippen molar-refractivity contribution >= 4 is 19.1 Å². The smallest absolute Gasteiger partial charge is 0.381 e. The number of carbonyl (C=O) groups excluding carboxylic acids is 1. The number of carbonyl (C=O) groups is 1. The predicted molar refractivity (Wildman–Crippen MR) is 89.4 cm³/mol. The van der Waals surface area contributed by atoms with Crippen molar-refractivity contribution in [2.45, 2.75) is 59.2 Å². The molecule has 0 fully saturated rings. The second kappa shape index (κ2) is 7.23. The van der Waals surface area contributed by atoms with Crippen molar-refractivity contribution in [3.63, 3.8) is 0 Å². The Balaban J connectivity index is 2.72. The molecule has 0 aliphatic carbocycles. The number of rotatable bonds is 5. The molecule has 0 saturated heterocycles. The van der Waals surface area contributed by atoms with Crippen LogP contribution >= 0.6 is 7.80 Å². The monoisotopic (exact) mass is 325 g/mol. The van der Waals surface area contributed by atoms with Gasteiger partial charge in [0.2, 0.25) is 5.30 Å². The van der Waals surface area contributed by atoms with E-state index >= 15 is 0 Å². The van der Waals surface area contributed by atoms with E-state index < -0.39 is 13.4 Å². The molecule has 1 aromatic carbocycles. The maximum absolute atomic E-state index is 12.5. The summed E-state index contributed by atoms with van der Waals surface area (Å²) in [6.07, 6.45) is 0.394. The average Bonchev–Trinajstić information content (AvgIpc) is 2.32. The van der Waals surface area contributed by atoms with Crippen LogP contribution in [0.4, 0.5) is 0 Å². The molecule has 0 aliphatic rings. The van der Waals surface area contributed by atoms with Crippen LogP contribution in [0.5, 0.6) is 5.75 Å². The normalized spacial score (nSPS) is 12.7. The van der Waals surface area contributed by atoms with Crippen LogP contribution in [0.2, 0.25) is 0 Å². The highest BCUT2D eigenvalue weighted by atomic mass is 31.1. The van der Waals surface area contributed by atoms with Crippen molar-refractivity contribution < 1.29 is 18.8 Å². The molecular weight excluding hydrogens is 299 g/mol. The number of benzene rings is 1. The Kier molecular flexibility index (Phi) is 6.13. The van der Waals surface area contributed by atoms with Gasteiger partial charge in [-0.05, 0) is 53.7 Å². The Morgan fingerprint density at radius 2 is 1.64 bits per heavy atom. The zero-order valence-electron chi connectivity index (χ0n) is 14.3. The van der Waals surface area contributed by atoms with Crippen LogP contribution in [0, 0.1) is 0 Å². The van der Waals surface area contributed by atoms with Crippen LogP contribution in [0.1, 0.15) is 48.0 Å². The minimum absolute atomic E-state index is 0.135. The summed E-state index contributed by atoms with van der Waals surface area (Å²) in [4.78, 5) is 11.7. The maximum atomic E-state index is 12.5. The third-order valence-electron chi connectivity index (χ3n) is 2.49. The van der Waals surface area contributed by atoms with Crippen molar-refractivity contribution in [2.75, 3.05) is 6.16 Å². The lowest BCUT2D eigenvalue weighted by atomic mass is 10.2. The first kappa shape index (κ1) is 18.6. The highest BCUT2D eigenvalue weighted by Gasteiger charge is 2.28. The molecular formula is C17H26O4P+. The lowest BCUT2D eigenvalue weighted by molar-refractivity contribution is -0.154. The number of para-hydroxylation sites is 1. The topological polar surface area (TPSA) is 52.6 Å². The van der Waals surface area contributed by atoms with E-state index in [2.05, 4.69) is 0 Å². The summed E-state index contributed by atoms with van der Waals surface area (Å²) in [7, 11) is -1.70. The zero-order chi connectivity index (χ0) is 17.0. The standard InChI is InChI=1S/C17H26O4P/c1-16(2,3)20-13-9-7-8-10-14(13)22(19)12-11-15(18)21-17(4,5)6/h7-10H,11-12H2,1-6H3/q+1. The van der Waals surface area contributed by atoms with Crippen molar-refractivity contribution in [3.05, 3.63) is 24.3 Å². The number of esters is 1. The van der Waals surface area contributed by atoms with E-state index in [0.717, 1.165) is 0 Å². The SMILES string of the molecule is CC(C)(C)OC(=O)CC[P+](=O)c1ccccc1OC(C)(C)C. The van der Waals surface area contributed by atoms with Gasteiger partial charge in [0.15, 0.2) is 11.9 Å². The molecule has 0 radical (unpaired) electrons. The summed E-state index contributed by atoms with van der Waals surface area (Å²) in [6.45, 7) is 11.3. The maximum Gasteiger partial charge on any atom is 0.381 e. The first-order chi connectivity index (χ1) is 9.98. The Morgan fingerprint density at radius 3 is 2.18 bits per heavy atom. The summed E-state index contributed by atoms with van der Waals surface area (Å²) in [5, 5.41) is 0.649. The van der Waals surface area contributed by atoms with Gasteiger partial charge in [-0.1, -0.05) is 16.7 Å². The van der Waals surface area contributed by atoms with Gasteiger partial charge < -0.3 is 9.47 Å². The van der Waals surface area contributed by atoms with Crippen LogP contribution in [0.15, 0.2) is 24.3 Å². The second-order valence-electron chi connectivity index (χ2n) is 7.12. The molecule has 0 bridgehead atoms. The third kappa shape index (κ3) is 7.04. The fourth-order valence-corrected chi connectivity index (χ4v) is 3.03. The van der Waals surface area contributed by atoms with Gasteiger partial charge in [0.1, 0.15) is 11.2 Å². The van der Waals surface area contributed by atoms with Gasteiger partial charge in [0.05, 0.1) is 6.42 Å². The highest BCUT2D eigenvalue weighted by molar-refractivity contribution is 7.53. The van der Waals surface area contributed by atoms with E-state index in [9.17, 15) is 9.36 Å². The molecule has 1 aromatic rings. The van der Waals surface area contributed by atoms with Crippen LogP contribution in [-0.2, 0) is 14.1 Å². The Labute approximate surface area is 134 Å². The van der Waals surface area contributed by atoms with Crippen LogP contribution < -0.4 is 10.0 Å². The zero-order valence-corrected chi connectivity index (χ0v) is 15.2. The van der Waals surface area contributed by atoms with Crippen molar-refractivity contribution in [3.8, 4) is 5.75 Å². The number of ether oxygens (including phenoxy) is 2. The summed E-state index contributed by atoms with van der Waals surface area (Å²) >= 11 is 0. The summed E-state index contributed by atoms with van der Waals surface area (Å²) in [6, 6.07) is 7.27. The Morgan fingerprint density at radius 1 is 1.05 bits per heavy atom. The summed E-state index contributed by atoms with van der Waals surface area (Å²) < 4.78 is 23.6. The average molecular weight is 325 g/mol. The molecule has 0 heterocycles. The third-order valence-corrected chi connectivity index (χ3v) is 4.03. The van der Waals surface area contributed by atoms with Crippen molar-refractivity contribution in [2.24, 2.45) is 0 Å². The molecule has 4 nitrogen and oxygen atoms in total. The number of hydrogen-bond donors (Lipinski definition) is 0. The molecule has 1 atom stereocenters. The van der Waals surface area contributed by atoms with Gasteiger partial charge in [0.25, 0.3) is 0 Å². The van der Waals surface area contributed by atoms with E-state index in [0.29, 0.717) is 11.1 Å². The lowest BCUT2D eigenvalue weighted by Crippen LogP contribution is -2.26. The Hall–Kier alpha value is -1.41.